The van der Waals surface area contributed by atoms with Crippen molar-refractivity contribution in [3.8, 4) is 28.1 Å². The van der Waals surface area contributed by atoms with E-state index in [0.717, 1.165) is 11.1 Å². The highest BCUT2D eigenvalue weighted by Gasteiger charge is 2.28. The summed E-state index contributed by atoms with van der Waals surface area (Å²) >= 11 is 6.22. The minimum Gasteiger partial charge on any atom is -0.460 e. The molecule has 0 N–H and O–H groups in total. The van der Waals surface area contributed by atoms with Gasteiger partial charge in [0.05, 0.1) is 23.1 Å². The van der Waals surface area contributed by atoms with Crippen molar-refractivity contribution >= 4 is 45.5 Å². The molecule has 0 saturated carbocycles. The first-order chi connectivity index (χ1) is 20.4. The number of halogens is 1. The Balaban J connectivity index is 1.65. The Kier molecular flexibility index (Phi) is 6.05. The van der Waals surface area contributed by atoms with Gasteiger partial charge in [0.1, 0.15) is 5.69 Å². The minimum absolute atomic E-state index is 0.0936. The Morgan fingerprint density at radius 2 is 1.67 bits per heavy atom. The second-order valence-corrected chi connectivity index (χ2v) is 10.0. The fourth-order valence-electron chi connectivity index (χ4n) is 5.01. The van der Waals surface area contributed by atoms with Crippen molar-refractivity contribution in [2.24, 2.45) is 0 Å². The maximum absolute atomic E-state index is 14.5. The molecule has 0 amide bonds. The average Bonchev–Trinajstić information content (AvgIpc) is 3.60. The summed E-state index contributed by atoms with van der Waals surface area (Å²) in [6.07, 6.45) is 0. The van der Waals surface area contributed by atoms with Crippen molar-refractivity contribution in [3.63, 3.8) is 0 Å². The molecule has 42 heavy (non-hydrogen) atoms. The quantitative estimate of drug-likeness (QED) is 0.228. The molecule has 0 aliphatic carbocycles. The summed E-state index contributed by atoms with van der Waals surface area (Å²) in [5.41, 5.74) is 3.85. The Labute approximate surface area is 242 Å². The minimum atomic E-state index is -0.756. The van der Waals surface area contributed by atoms with E-state index in [-0.39, 0.29) is 35.0 Å². The summed E-state index contributed by atoms with van der Waals surface area (Å²) in [5.74, 6) is -0.868. The lowest BCUT2D eigenvalue weighted by molar-refractivity contribution is 0.0509. The summed E-state index contributed by atoms with van der Waals surface area (Å²) in [7, 11) is 0. The highest BCUT2D eigenvalue weighted by atomic mass is 35.5. The molecule has 4 aromatic heterocycles. The molecule has 206 valence electrons. The van der Waals surface area contributed by atoms with Gasteiger partial charge in [-0.1, -0.05) is 76.9 Å². The van der Waals surface area contributed by atoms with Crippen LogP contribution in [0.15, 0.2) is 88.2 Å². The van der Waals surface area contributed by atoms with Gasteiger partial charge in [0.25, 0.3) is 11.3 Å². The van der Waals surface area contributed by atoms with Crippen LogP contribution in [0.4, 0.5) is 0 Å². The van der Waals surface area contributed by atoms with Gasteiger partial charge in [-0.25, -0.2) is 9.20 Å². The second kappa shape index (κ2) is 9.93. The largest absolute Gasteiger partial charge is 0.460 e. The number of hydrogen-bond acceptors (Lipinski definition) is 8. The van der Waals surface area contributed by atoms with E-state index in [1.807, 2.05) is 61.5 Å². The highest BCUT2D eigenvalue weighted by Crippen LogP contribution is 2.39. The molecule has 0 bridgehead atoms. The molecule has 0 spiro atoms. The zero-order valence-electron chi connectivity index (χ0n) is 22.4. The first kappa shape index (κ1) is 25.6. The molecular formula is C31H21ClN6O4. The van der Waals surface area contributed by atoms with Crippen LogP contribution in [0.25, 0.3) is 56.0 Å². The van der Waals surface area contributed by atoms with Crippen molar-refractivity contribution in [1.29, 1.82) is 0 Å². The summed E-state index contributed by atoms with van der Waals surface area (Å²) in [6.45, 7) is 3.75. The van der Waals surface area contributed by atoms with Crippen molar-refractivity contribution in [2.45, 2.75) is 13.8 Å². The number of nitrogens with zero attached hydrogens (tertiary/aromatic N) is 6. The Hall–Kier alpha value is -5.35. The molecule has 3 aromatic carbocycles. The zero-order chi connectivity index (χ0) is 29.0. The maximum atomic E-state index is 14.5. The SMILES string of the molecule is CCOC(=O)c1nn(-c2ccc(C)cc2)c2nc3nc4onc(-c5ccccc5)c4c(-c4ccc(Cl)cc4)c3c(=O)n12. The molecular weight excluding hydrogens is 556 g/mol. The molecule has 0 unspecified atom stereocenters. The first-order valence-corrected chi connectivity index (χ1v) is 13.5. The van der Waals surface area contributed by atoms with Crippen LogP contribution in [0.1, 0.15) is 23.1 Å². The van der Waals surface area contributed by atoms with E-state index in [2.05, 4.69) is 15.2 Å². The number of benzene rings is 3. The second-order valence-electron chi connectivity index (χ2n) is 9.61. The van der Waals surface area contributed by atoms with Gasteiger partial charge in [-0.2, -0.15) is 14.6 Å². The lowest BCUT2D eigenvalue weighted by Crippen LogP contribution is -2.21. The van der Waals surface area contributed by atoms with Gasteiger partial charge < -0.3 is 9.26 Å². The van der Waals surface area contributed by atoms with Gasteiger partial charge in [0.2, 0.25) is 11.6 Å². The van der Waals surface area contributed by atoms with Crippen LogP contribution in [0.5, 0.6) is 0 Å². The molecule has 0 aliphatic rings. The number of pyridine rings is 1. The molecule has 0 fully saturated rings. The number of fused-ring (bicyclic) bond motifs is 3. The van der Waals surface area contributed by atoms with Crippen LogP contribution in [-0.4, -0.2) is 41.9 Å². The van der Waals surface area contributed by atoms with Crippen molar-refractivity contribution in [2.75, 3.05) is 6.61 Å². The standard InChI is InChI=1S/C31H21ClN6O4/c1-3-41-30(40)27-35-38(21-15-9-17(2)10-16-21)31-34-26-24(29(39)37(27)31)22(18-11-13-20(32)14-12-18)23-25(36-42-28(23)33-26)19-7-5-4-6-8-19/h4-16H,3H2,1-2H3. The van der Waals surface area contributed by atoms with Crippen LogP contribution in [0.2, 0.25) is 5.02 Å². The molecule has 0 atom stereocenters. The molecule has 7 rings (SSSR count). The lowest BCUT2D eigenvalue weighted by atomic mass is 9.97. The third-order valence-electron chi connectivity index (χ3n) is 6.94. The average molecular weight is 577 g/mol. The number of esters is 1. The van der Waals surface area contributed by atoms with E-state index < -0.39 is 11.5 Å². The van der Waals surface area contributed by atoms with Crippen LogP contribution in [0.3, 0.4) is 0 Å². The van der Waals surface area contributed by atoms with Gasteiger partial charge in [-0.3, -0.25) is 4.79 Å². The summed E-state index contributed by atoms with van der Waals surface area (Å²) in [5, 5.41) is 10.0. The van der Waals surface area contributed by atoms with Crippen molar-refractivity contribution in [3.05, 3.63) is 106 Å². The third-order valence-corrected chi connectivity index (χ3v) is 7.19. The van der Waals surface area contributed by atoms with E-state index >= 15 is 0 Å². The number of aryl methyl sites for hydroxylation is 1. The summed E-state index contributed by atoms with van der Waals surface area (Å²) < 4.78 is 13.6. The van der Waals surface area contributed by atoms with E-state index in [1.54, 1.807) is 31.2 Å². The maximum Gasteiger partial charge on any atom is 0.376 e. The van der Waals surface area contributed by atoms with Gasteiger partial charge in [-0.05, 0) is 43.7 Å². The predicted molar refractivity (Wildman–Crippen MR) is 158 cm³/mol. The Bertz CT molecular complexity index is 2200. The molecule has 10 nitrogen and oxygen atoms in total. The van der Waals surface area contributed by atoms with Crippen LogP contribution >= 0.6 is 11.6 Å². The fourth-order valence-corrected chi connectivity index (χ4v) is 5.13. The molecule has 7 aromatic rings. The molecule has 0 aliphatic heterocycles. The number of hydrogen-bond donors (Lipinski definition) is 0. The Morgan fingerprint density at radius 1 is 0.929 bits per heavy atom. The van der Waals surface area contributed by atoms with Crippen molar-refractivity contribution < 1.29 is 14.1 Å². The number of carbonyl (C=O) groups is 1. The highest BCUT2D eigenvalue weighted by molar-refractivity contribution is 6.30. The summed E-state index contributed by atoms with van der Waals surface area (Å²) in [6, 6.07) is 24.0. The summed E-state index contributed by atoms with van der Waals surface area (Å²) in [4.78, 5) is 37.1. The Morgan fingerprint density at radius 3 is 2.38 bits per heavy atom. The van der Waals surface area contributed by atoms with Gasteiger partial charge >= 0.3 is 5.97 Å². The molecule has 4 heterocycles. The van der Waals surface area contributed by atoms with E-state index in [1.165, 1.54) is 9.08 Å². The number of rotatable bonds is 5. The van der Waals surface area contributed by atoms with Crippen LogP contribution in [-0.2, 0) is 4.74 Å². The normalized spacial score (nSPS) is 11.5. The van der Waals surface area contributed by atoms with Crippen LogP contribution in [0, 0.1) is 6.92 Å². The van der Waals surface area contributed by atoms with E-state index in [9.17, 15) is 9.59 Å². The predicted octanol–water partition coefficient (Wildman–Crippen LogP) is 6.04. The zero-order valence-corrected chi connectivity index (χ0v) is 23.2. The smallest absolute Gasteiger partial charge is 0.376 e. The first-order valence-electron chi connectivity index (χ1n) is 13.1. The number of carbonyl (C=O) groups excluding carboxylic acids is 1. The lowest BCUT2D eigenvalue weighted by Gasteiger charge is -2.10. The molecule has 0 saturated heterocycles. The van der Waals surface area contributed by atoms with Gasteiger partial charge in [0.15, 0.2) is 5.65 Å². The van der Waals surface area contributed by atoms with E-state index in [4.69, 9.17) is 25.8 Å². The third kappa shape index (κ3) is 4.03. The van der Waals surface area contributed by atoms with Gasteiger partial charge in [0, 0.05) is 16.1 Å². The number of aromatic nitrogens is 6. The monoisotopic (exact) mass is 576 g/mol. The fraction of sp³-hybridized carbons (Fsp3) is 0.0968. The topological polar surface area (TPSA) is 117 Å². The van der Waals surface area contributed by atoms with Crippen molar-refractivity contribution in [1.82, 2.24) is 29.3 Å². The molecule has 11 heteroatoms. The molecule has 0 radical (unpaired) electrons. The number of ether oxygens (including phenoxy) is 1. The van der Waals surface area contributed by atoms with Gasteiger partial charge in [-0.15, -0.1) is 5.10 Å². The van der Waals surface area contributed by atoms with Crippen LogP contribution < -0.4 is 5.56 Å². The van der Waals surface area contributed by atoms with E-state index in [0.29, 0.717) is 32.9 Å².